The minimum absolute atomic E-state index is 0.0276. The summed E-state index contributed by atoms with van der Waals surface area (Å²) in [5, 5.41) is 1.02. The van der Waals surface area contributed by atoms with Crippen LogP contribution in [-0.4, -0.2) is 39.3 Å². The molecule has 0 saturated heterocycles. The van der Waals surface area contributed by atoms with E-state index in [9.17, 15) is 18.0 Å². The maximum Gasteiger partial charge on any atom is 0.264 e. The molecular weight excluding hydrogens is 492 g/mol. The normalized spacial score (nSPS) is 11.2. The number of hydrogen-bond donors (Lipinski definition) is 2. The van der Waals surface area contributed by atoms with Gasteiger partial charge in [-0.25, -0.2) is 13.1 Å². The fraction of sp³-hybridized carbons (Fsp3) is 0.143. The van der Waals surface area contributed by atoms with Crippen LogP contribution in [0.3, 0.4) is 0 Å². The number of nitrogens with one attached hydrogen (secondary N) is 2. The Morgan fingerprint density at radius 3 is 2.24 bits per heavy atom. The Labute approximate surface area is 215 Å². The highest BCUT2D eigenvalue weighted by Gasteiger charge is 2.22. The molecule has 0 saturated carbocycles. The van der Waals surface area contributed by atoms with Gasteiger partial charge in [-0.2, -0.15) is 0 Å². The van der Waals surface area contributed by atoms with Crippen molar-refractivity contribution in [2.75, 3.05) is 14.2 Å². The van der Waals surface area contributed by atoms with Crippen LogP contribution >= 0.6 is 0 Å². The van der Waals surface area contributed by atoms with Crippen LogP contribution in [0.5, 0.6) is 11.5 Å². The summed E-state index contributed by atoms with van der Waals surface area (Å²) < 4.78 is 37.8. The minimum atomic E-state index is -4.02. The molecule has 37 heavy (non-hydrogen) atoms. The van der Waals surface area contributed by atoms with Gasteiger partial charge in [-0.1, -0.05) is 31.7 Å². The summed E-state index contributed by atoms with van der Waals surface area (Å²) in [5.74, 6) is -0.0777. The number of Topliss-reactive ketones (excluding diaryl/α,β-unsaturated/α-hetero) is 1. The van der Waals surface area contributed by atoms with Crippen molar-refractivity contribution < 1.29 is 27.5 Å². The molecule has 1 aromatic heterocycles. The topological polar surface area (TPSA) is 115 Å². The molecule has 0 aliphatic rings. The second-order valence-electron chi connectivity index (χ2n) is 8.24. The lowest BCUT2D eigenvalue weighted by atomic mass is 9.95. The van der Waals surface area contributed by atoms with Crippen molar-refractivity contribution in [2.45, 2.75) is 18.2 Å². The molecule has 0 spiro atoms. The van der Waals surface area contributed by atoms with Crippen LogP contribution in [-0.2, 0) is 14.8 Å². The van der Waals surface area contributed by atoms with Crippen LogP contribution in [0, 0.1) is 0 Å². The third kappa shape index (κ3) is 5.12. The van der Waals surface area contributed by atoms with Gasteiger partial charge in [0.25, 0.3) is 10.0 Å². The molecule has 1 heterocycles. The highest BCUT2D eigenvalue weighted by molar-refractivity contribution is 7.90. The number of sulfonamides is 1. The first kappa shape index (κ1) is 25.7. The first-order valence-corrected chi connectivity index (χ1v) is 12.9. The fourth-order valence-corrected chi connectivity index (χ4v) is 4.98. The van der Waals surface area contributed by atoms with E-state index < -0.39 is 21.7 Å². The molecule has 0 aliphatic carbocycles. The molecule has 190 valence electrons. The lowest BCUT2D eigenvalue weighted by Gasteiger charge is -2.16. The van der Waals surface area contributed by atoms with Crippen molar-refractivity contribution in [2.24, 2.45) is 0 Å². The molecule has 0 bridgehead atoms. The summed E-state index contributed by atoms with van der Waals surface area (Å²) in [4.78, 5) is 28.1. The number of ether oxygens (including phenoxy) is 2. The Kier molecular flexibility index (Phi) is 7.17. The van der Waals surface area contributed by atoms with Gasteiger partial charge in [0.2, 0.25) is 5.91 Å². The summed E-state index contributed by atoms with van der Waals surface area (Å²) in [5.41, 5.74) is 3.33. The van der Waals surface area contributed by atoms with Gasteiger partial charge in [0, 0.05) is 45.7 Å². The number of para-hydroxylation sites is 1. The quantitative estimate of drug-likeness (QED) is 0.239. The number of methoxy groups -OCH3 is 2. The lowest BCUT2D eigenvalue weighted by Crippen LogP contribution is -2.29. The highest BCUT2D eigenvalue weighted by Crippen LogP contribution is 2.39. The molecule has 0 aliphatic heterocycles. The van der Waals surface area contributed by atoms with Crippen LogP contribution < -0.4 is 14.2 Å². The molecular formula is C28H26N2O6S. The monoisotopic (exact) mass is 518 g/mol. The summed E-state index contributed by atoms with van der Waals surface area (Å²) in [7, 11) is -0.979. The van der Waals surface area contributed by atoms with Crippen molar-refractivity contribution in [3.8, 4) is 22.8 Å². The predicted molar refractivity (Wildman–Crippen MR) is 142 cm³/mol. The first-order valence-electron chi connectivity index (χ1n) is 11.4. The van der Waals surface area contributed by atoms with Gasteiger partial charge in [0.1, 0.15) is 11.5 Å². The maximum absolute atomic E-state index is 13.3. The third-order valence-electron chi connectivity index (χ3n) is 5.94. The number of amides is 1. The van der Waals surface area contributed by atoms with Crippen molar-refractivity contribution in [3.05, 3.63) is 84.4 Å². The van der Waals surface area contributed by atoms with E-state index in [1.54, 1.807) is 26.2 Å². The highest BCUT2D eigenvalue weighted by atomic mass is 32.2. The van der Waals surface area contributed by atoms with Gasteiger partial charge in [-0.3, -0.25) is 9.59 Å². The number of allylic oxidation sites excluding steroid dienone is 1. The maximum atomic E-state index is 13.3. The van der Waals surface area contributed by atoms with Crippen LogP contribution in [0.4, 0.5) is 0 Å². The third-order valence-corrected chi connectivity index (χ3v) is 7.33. The number of H-pyrrole nitrogens is 1. The van der Waals surface area contributed by atoms with Crippen molar-refractivity contribution in [1.82, 2.24) is 9.71 Å². The number of hydrogen-bond acceptors (Lipinski definition) is 6. The molecule has 9 heteroatoms. The summed E-state index contributed by atoms with van der Waals surface area (Å²) in [6, 6.07) is 18.6. The zero-order chi connectivity index (χ0) is 26.7. The number of benzene rings is 3. The van der Waals surface area contributed by atoms with E-state index >= 15 is 0 Å². The Morgan fingerprint density at radius 2 is 1.62 bits per heavy atom. The summed E-state index contributed by atoms with van der Waals surface area (Å²) in [6.07, 6.45) is 0.0276. The molecule has 0 fully saturated rings. The van der Waals surface area contributed by atoms with Gasteiger partial charge in [0.15, 0.2) is 5.78 Å². The standard InChI is InChI=1S/C28H26N2O6S/c1-5-27(31)30-37(33,34)20-12-10-18(11-13-20)28(32)17(2)21-15-22(26(36-4)16-25(21)35-3)24-14-19-8-6-7-9-23(19)29-24/h6-16,29H,2,5H2,1,3-4H3,(H,30,31). The van der Waals surface area contributed by atoms with E-state index in [1.807, 2.05) is 35.1 Å². The Morgan fingerprint density at radius 1 is 0.946 bits per heavy atom. The zero-order valence-corrected chi connectivity index (χ0v) is 21.4. The molecule has 0 unspecified atom stereocenters. The zero-order valence-electron chi connectivity index (χ0n) is 20.6. The van der Waals surface area contributed by atoms with E-state index in [-0.39, 0.29) is 22.5 Å². The van der Waals surface area contributed by atoms with Crippen LogP contribution in [0.25, 0.3) is 27.7 Å². The second-order valence-corrected chi connectivity index (χ2v) is 9.92. The van der Waals surface area contributed by atoms with Crippen LogP contribution in [0.15, 0.2) is 78.2 Å². The van der Waals surface area contributed by atoms with Crippen LogP contribution in [0.1, 0.15) is 29.3 Å². The number of carbonyl (C=O) groups is 2. The van der Waals surface area contributed by atoms with Crippen molar-refractivity contribution in [3.63, 3.8) is 0 Å². The largest absolute Gasteiger partial charge is 0.496 e. The molecule has 3 aromatic carbocycles. The van der Waals surface area contributed by atoms with E-state index in [2.05, 4.69) is 11.6 Å². The average Bonchev–Trinajstić information content (AvgIpc) is 3.35. The summed E-state index contributed by atoms with van der Waals surface area (Å²) in [6.45, 7) is 5.56. The molecule has 0 radical (unpaired) electrons. The molecule has 8 nitrogen and oxygen atoms in total. The Hall–Kier alpha value is -4.37. The molecule has 0 atom stereocenters. The number of aromatic amines is 1. The fourth-order valence-electron chi connectivity index (χ4n) is 3.93. The lowest BCUT2D eigenvalue weighted by molar-refractivity contribution is -0.119. The van der Waals surface area contributed by atoms with Gasteiger partial charge in [-0.15, -0.1) is 0 Å². The van der Waals surface area contributed by atoms with E-state index in [1.165, 1.54) is 31.4 Å². The Balaban J connectivity index is 1.70. The number of aromatic nitrogens is 1. The first-order chi connectivity index (χ1) is 17.7. The second kappa shape index (κ2) is 10.3. The van der Waals surface area contributed by atoms with E-state index in [0.29, 0.717) is 17.1 Å². The molecule has 2 N–H and O–H groups in total. The van der Waals surface area contributed by atoms with E-state index in [4.69, 9.17) is 9.47 Å². The van der Waals surface area contributed by atoms with E-state index in [0.717, 1.165) is 22.2 Å². The number of ketones is 1. The number of fused-ring (bicyclic) bond motifs is 1. The van der Waals surface area contributed by atoms with Crippen molar-refractivity contribution in [1.29, 1.82) is 0 Å². The Bertz CT molecular complexity index is 1590. The number of rotatable bonds is 9. The summed E-state index contributed by atoms with van der Waals surface area (Å²) >= 11 is 0. The van der Waals surface area contributed by atoms with Gasteiger partial charge >= 0.3 is 0 Å². The predicted octanol–water partition coefficient (Wildman–Crippen LogP) is 4.96. The number of carbonyl (C=O) groups excluding carboxylic acids is 2. The van der Waals surface area contributed by atoms with Crippen molar-refractivity contribution >= 4 is 38.2 Å². The average molecular weight is 519 g/mol. The smallest absolute Gasteiger partial charge is 0.264 e. The molecule has 4 aromatic rings. The molecule has 1 amide bonds. The van der Waals surface area contributed by atoms with Gasteiger partial charge < -0.3 is 14.5 Å². The molecule has 4 rings (SSSR count). The van der Waals surface area contributed by atoms with Crippen LogP contribution in [0.2, 0.25) is 0 Å². The SMILES string of the molecule is C=C(C(=O)c1ccc(S(=O)(=O)NC(=O)CC)cc1)c1cc(-c2cc3ccccc3[nH]2)c(OC)cc1OC. The van der Waals surface area contributed by atoms with Gasteiger partial charge in [0.05, 0.1) is 24.8 Å². The van der Waals surface area contributed by atoms with Gasteiger partial charge in [-0.05, 0) is 42.5 Å². The minimum Gasteiger partial charge on any atom is -0.496 e.